The second-order valence-corrected chi connectivity index (χ2v) is 8.10. The molecule has 0 amide bonds. The molecule has 0 N–H and O–H groups in total. The lowest BCUT2D eigenvalue weighted by Crippen LogP contribution is -2.46. The van der Waals surface area contributed by atoms with Crippen molar-refractivity contribution >= 4 is 16.3 Å². The topological polar surface area (TPSA) is 59.7 Å². The number of hydrogen-bond donors (Lipinski definition) is 0. The maximum absolute atomic E-state index is 12.3. The molecule has 0 bridgehead atoms. The zero-order valence-electron chi connectivity index (χ0n) is 14.8. The number of rotatable bonds is 3. The van der Waals surface area contributed by atoms with Gasteiger partial charge in [0.1, 0.15) is 5.01 Å². The van der Waals surface area contributed by atoms with E-state index in [1.165, 1.54) is 21.4 Å². The van der Waals surface area contributed by atoms with Crippen molar-refractivity contribution in [3.8, 4) is 0 Å². The van der Waals surface area contributed by atoms with E-state index < -0.39 is 0 Å². The van der Waals surface area contributed by atoms with Crippen LogP contribution in [0.2, 0.25) is 0 Å². The third-order valence-electron chi connectivity index (χ3n) is 5.13. The molecule has 0 saturated carbocycles. The molecule has 4 heterocycles. The van der Waals surface area contributed by atoms with Crippen LogP contribution in [0.1, 0.15) is 43.8 Å². The van der Waals surface area contributed by atoms with E-state index in [4.69, 9.17) is 4.74 Å². The van der Waals surface area contributed by atoms with Gasteiger partial charge >= 0.3 is 0 Å². The van der Waals surface area contributed by atoms with Crippen molar-refractivity contribution in [2.45, 2.75) is 51.7 Å². The molecule has 2 aliphatic heterocycles. The van der Waals surface area contributed by atoms with Crippen LogP contribution in [-0.4, -0.2) is 44.8 Å². The highest BCUT2D eigenvalue weighted by atomic mass is 32.1. The van der Waals surface area contributed by atoms with Crippen molar-refractivity contribution in [3.05, 3.63) is 38.8 Å². The SMILES string of the molecule is CCc1nn2c(=O)cc(CN3CCC4(C=C(C)CCO4)CC3)nc2s1. The molecule has 4 rings (SSSR count). The average molecular weight is 360 g/mol. The van der Waals surface area contributed by atoms with Gasteiger partial charge < -0.3 is 4.74 Å². The Balaban J connectivity index is 1.47. The normalized spacial score (nSPS) is 21.0. The lowest BCUT2D eigenvalue weighted by Gasteiger charge is -2.42. The fraction of sp³-hybridized carbons (Fsp3) is 0.611. The molecule has 0 aromatic carbocycles. The quantitative estimate of drug-likeness (QED) is 0.787. The smallest absolute Gasteiger partial charge is 0.275 e. The summed E-state index contributed by atoms with van der Waals surface area (Å²) in [6.07, 6.45) is 6.21. The van der Waals surface area contributed by atoms with Gasteiger partial charge in [-0.2, -0.15) is 9.61 Å². The number of hydrogen-bond acceptors (Lipinski definition) is 6. The minimum Gasteiger partial charge on any atom is -0.370 e. The first-order chi connectivity index (χ1) is 12.1. The molecular formula is C18H24N4O2S. The van der Waals surface area contributed by atoms with Crippen LogP contribution in [0, 0.1) is 0 Å². The van der Waals surface area contributed by atoms with Crippen LogP contribution >= 0.6 is 11.3 Å². The third-order valence-corrected chi connectivity index (χ3v) is 6.18. The Hall–Kier alpha value is -1.57. The molecule has 6 nitrogen and oxygen atoms in total. The van der Waals surface area contributed by atoms with Gasteiger partial charge in [0.2, 0.25) is 4.96 Å². The van der Waals surface area contributed by atoms with E-state index in [1.54, 1.807) is 6.07 Å². The Morgan fingerprint density at radius 2 is 2.16 bits per heavy atom. The molecule has 25 heavy (non-hydrogen) atoms. The minimum absolute atomic E-state index is 0.0660. The highest BCUT2D eigenvalue weighted by molar-refractivity contribution is 7.16. The van der Waals surface area contributed by atoms with Gasteiger partial charge in [-0.1, -0.05) is 29.9 Å². The summed E-state index contributed by atoms with van der Waals surface area (Å²) in [5, 5.41) is 5.25. The second kappa shape index (κ2) is 6.63. The summed E-state index contributed by atoms with van der Waals surface area (Å²) in [4.78, 5) is 20.0. The van der Waals surface area contributed by atoms with E-state index in [1.807, 2.05) is 6.92 Å². The first-order valence-corrected chi connectivity index (χ1v) is 9.82. The summed E-state index contributed by atoms with van der Waals surface area (Å²) in [7, 11) is 0. The largest absolute Gasteiger partial charge is 0.370 e. The molecule has 134 valence electrons. The summed E-state index contributed by atoms with van der Waals surface area (Å²) in [5.41, 5.74) is 2.13. The van der Waals surface area contributed by atoms with Crippen LogP contribution in [0.3, 0.4) is 0 Å². The summed E-state index contributed by atoms with van der Waals surface area (Å²) in [6, 6.07) is 1.62. The van der Waals surface area contributed by atoms with E-state index >= 15 is 0 Å². The monoisotopic (exact) mass is 360 g/mol. The maximum atomic E-state index is 12.3. The molecule has 0 atom stereocenters. The van der Waals surface area contributed by atoms with E-state index in [2.05, 4.69) is 28.0 Å². The Morgan fingerprint density at radius 1 is 1.36 bits per heavy atom. The van der Waals surface area contributed by atoms with Crippen LogP contribution in [0.15, 0.2) is 22.5 Å². The predicted octanol–water partition coefficient (Wildman–Crippen LogP) is 2.41. The van der Waals surface area contributed by atoms with Crippen molar-refractivity contribution in [1.29, 1.82) is 0 Å². The van der Waals surface area contributed by atoms with Crippen molar-refractivity contribution < 1.29 is 4.74 Å². The van der Waals surface area contributed by atoms with Gasteiger partial charge in [0, 0.05) is 25.7 Å². The molecule has 0 aliphatic carbocycles. The summed E-state index contributed by atoms with van der Waals surface area (Å²) in [5.74, 6) is 0. The van der Waals surface area contributed by atoms with Crippen LogP contribution in [0.25, 0.3) is 4.96 Å². The molecule has 1 spiro atoms. The average Bonchev–Trinajstić information content (AvgIpc) is 3.01. The molecule has 2 aromatic heterocycles. The Labute approximate surface area is 151 Å². The van der Waals surface area contributed by atoms with Gasteiger partial charge in [-0.25, -0.2) is 4.98 Å². The van der Waals surface area contributed by atoms with Crippen LogP contribution in [0.4, 0.5) is 0 Å². The lowest BCUT2D eigenvalue weighted by atomic mass is 9.87. The standard InChI is InChI=1S/C18H24N4O2S/c1-3-15-20-22-16(23)10-14(19-17(22)25-15)12-21-7-5-18(6-8-21)11-13(2)4-9-24-18/h10-11H,3-9,12H2,1-2H3. The maximum Gasteiger partial charge on any atom is 0.275 e. The highest BCUT2D eigenvalue weighted by Crippen LogP contribution is 2.33. The number of aromatic nitrogens is 3. The van der Waals surface area contributed by atoms with E-state index in [9.17, 15) is 4.79 Å². The third kappa shape index (κ3) is 3.41. The number of piperidine rings is 1. The van der Waals surface area contributed by atoms with Crippen molar-refractivity contribution in [2.75, 3.05) is 19.7 Å². The Morgan fingerprint density at radius 3 is 2.88 bits per heavy atom. The molecule has 1 fully saturated rings. The minimum atomic E-state index is -0.0846. The summed E-state index contributed by atoms with van der Waals surface area (Å²) < 4.78 is 7.51. The molecule has 1 saturated heterocycles. The number of likely N-dealkylation sites (tertiary alicyclic amines) is 1. The Kier molecular flexibility index (Phi) is 4.47. The fourth-order valence-corrected chi connectivity index (χ4v) is 4.56. The molecule has 0 radical (unpaired) electrons. The van der Waals surface area contributed by atoms with Gasteiger partial charge in [-0.05, 0) is 32.6 Å². The summed E-state index contributed by atoms with van der Waals surface area (Å²) in [6.45, 7) is 7.72. The first kappa shape index (κ1) is 16.9. The van der Waals surface area contributed by atoms with Crippen molar-refractivity contribution in [3.63, 3.8) is 0 Å². The van der Waals surface area contributed by atoms with Crippen LogP contribution in [-0.2, 0) is 17.7 Å². The van der Waals surface area contributed by atoms with Crippen molar-refractivity contribution in [2.24, 2.45) is 0 Å². The van der Waals surface area contributed by atoms with Crippen molar-refractivity contribution in [1.82, 2.24) is 19.5 Å². The Bertz CT molecular complexity index is 862. The zero-order chi connectivity index (χ0) is 17.4. The van der Waals surface area contributed by atoms with Gasteiger partial charge in [-0.3, -0.25) is 9.69 Å². The van der Waals surface area contributed by atoms with E-state index in [-0.39, 0.29) is 11.2 Å². The molecular weight excluding hydrogens is 336 g/mol. The van der Waals surface area contributed by atoms with Gasteiger partial charge in [0.05, 0.1) is 17.9 Å². The molecule has 2 aliphatic rings. The number of ether oxygens (including phenoxy) is 1. The first-order valence-electron chi connectivity index (χ1n) is 9.00. The zero-order valence-corrected chi connectivity index (χ0v) is 15.6. The lowest BCUT2D eigenvalue weighted by molar-refractivity contribution is -0.0578. The van der Waals surface area contributed by atoms with E-state index in [0.717, 1.165) is 56.1 Å². The highest BCUT2D eigenvalue weighted by Gasteiger charge is 2.35. The molecule has 0 unspecified atom stereocenters. The van der Waals surface area contributed by atoms with Gasteiger partial charge in [0.15, 0.2) is 0 Å². The number of fused-ring (bicyclic) bond motifs is 1. The number of nitrogens with zero attached hydrogens (tertiary/aromatic N) is 4. The van der Waals surface area contributed by atoms with Crippen LogP contribution < -0.4 is 5.56 Å². The van der Waals surface area contributed by atoms with E-state index in [0.29, 0.717) is 11.5 Å². The second-order valence-electron chi connectivity index (χ2n) is 7.06. The predicted molar refractivity (Wildman–Crippen MR) is 98.1 cm³/mol. The van der Waals surface area contributed by atoms with Gasteiger partial charge in [-0.15, -0.1) is 0 Å². The fourth-order valence-electron chi connectivity index (χ4n) is 3.71. The number of aryl methyl sites for hydroxylation is 1. The molecule has 7 heteroatoms. The van der Waals surface area contributed by atoms with Gasteiger partial charge in [0.25, 0.3) is 5.56 Å². The molecule has 2 aromatic rings. The summed E-state index contributed by atoms with van der Waals surface area (Å²) >= 11 is 1.50. The van der Waals surface area contributed by atoms with Crippen LogP contribution in [0.5, 0.6) is 0 Å².